The van der Waals surface area contributed by atoms with E-state index in [9.17, 15) is 10.1 Å². The van der Waals surface area contributed by atoms with Gasteiger partial charge in [0.2, 0.25) is 0 Å². The second-order valence-electron chi connectivity index (χ2n) is 8.06. The number of hydrogen-bond acceptors (Lipinski definition) is 7. The zero-order chi connectivity index (χ0) is 25.7. The highest BCUT2D eigenvalue weighted by atomic mass is 32.1. The number of ether oxygens (including phenoxy) is 4. The number of nitro benzene ring substituents is 1. The average molecular weight is 510 g/mol. The molecule has 0 saturated heterocycles. The SMILES string of the molecule is COc1ccccc1NC(=S)N1CCc2cc(OC)c(OC)cc2C1COc1ccc([N+](=O)[O-])cc1. The highest BCUT2D eigenvalue weighted by molar-refractivity contribution is 7.80. The van der Waals surface area contributed by atoms with Crippen molar-refractivity contribution in [3.05, 3.63) is 81.9 Å². The summed E-state index contributed by atoms with van der Waals surface area (Å²) in [6.45, 7) is 0.909. The summed E-state index contributed by atoms with van der Waals surface area (Å²) >= 11 is 5.83. The van der Waals surface area contributed by atoms with Gasteiger partial charge in [-0.3, -0.25) is 10.1 Å². The Morgan fingerprint density at radius 1 is 1.03 bits per heavy atom. The van der Waals surface area contributed by atoms with E-state index < -0.39 is 4.92 Å². The lowest BCUT2D eigenvalue weighted by atomic mass is 9.92. The van der Waals surface area contributed by atoms with Gasteiger partial charge >= 0.3 is 0 Å². The maximum Gasteiger partial charge on any atom is 0.269 e. The molecule has 0 bridgehead atoms. The number of anilines is 1. The molecule has 0 radical (unpaired) electrons. The van der Waals surface area contributed by atoms with E-state index >= 15 is 0 Å². The van der Waals surface area contributed by atoms with Gasteiger partial charge in [0.05, 0.1) is 38.0 Å². The molecule has 10 heteroatoms. The molecule has 1 N–H and O–H groups in total. The normalized spacial score (nSPS) is 14.4. The standard InChI is InChI=1S/C26H27N3O6S/c1-32-23-7-5-4-6-21(23)27-26(36)28-13-12-17-14-24(33-2)25(34-3)15-20(17)22(28)16-35-19-10-8-18(9-11-19)29(30)31/h4-11,14-15,22H,12-13,16H2,1-3H3,(H,27,36). The van der Waals surface area contributed by atoms with Crippen molar-refractivity contribution in [3.8, 4) is 23.0 Å². The van der Waals surface area contributed by atoms with Gasteiger partial charge in [-0.15, -0.1) is 0 Å². The van der Waals surface area contributed by atoms with Gasteiger partial charge in [-0.05, 0) is 66.2 Å². The van der Waals surface area contributed by atoms with E-state index in [2.05, 4.69) is 10.2 Å². The topological polar surface area (TPSA) is 95.3 Å². The molecular weight excluding hydrogens is 482 g/mol. The van der Waals surface area contributed by atoms with Crippen LogP contribution in [0.5, 0.6) is 23.0 Å². The van der Waals surface area contributed by atoms with Crippen molar-refractivity contribution < 1.29 is 23.9 Å². The number of nitrogens with one attached hydrogen (secondary N) is 1. The van der Waals surface area contributed by atoms with Crippen molar-refractivity contribution in [2.75, 3.05) is 39.8 Å². The van der Waals surface area contributed by atoms with E-state index in [0.717, 1.165) is 23.2 Å². The Morgan fingerprint density at radius 2 is 1.69 bits per heavy atom. The van der Waals surface area contributed by atoms with Crippen molar-refractivity contribution in [3.63, 3.8) is 0 Å². The second-order valence-corrected chi connectivity index (χ2v) is 8.44. The lowest BCUT2D eigenvalue weighted by Crippen LogP contribution is -2.44. The van der Waals surface area contributed by atoms with E-state index in [0.29, 0.717) is 34.7 Å². The smallest absolute Gasteiger partial charge is 0.269 e. The molecular formula is C26H27N3O6S. The zero-order valence-electron chi connectivity index (χ0n) is 20.2. The van der Waals surface area contributed by atoms with Crippen LogP contribution in [0.15, 0.2) is 60.7 Å². The van der Waals surface area contributed by atoms with Crippen molar-refractivity contribution in [1.29, 1.82) is 0 Å². The highest BCUT2D eigenvalue weighted by Crippen LogP contribution is 2.39. The highest BCUT2D eigenvalue weighted by Gasteiger charge is 2.32. The first-order valence-electron chi connectivity index (χ1n) is 11.3. The quantitative estimate of drug-likeness (QED) is 0.256. The minimum absolute atomic E-state index is 0.00556. The Balaban J connectivity index is 1.64. The molecule has 1 aliphatic rings. The van der Waals surface area contributed by atoms with Gasteiger partial charge in [0.15, 0.2) is 16.6 Å². The van der Waals surface area contributed by atoms with Gasteiger partial charge in [-0.2, -0.15) is 0 Å². The molecule has 9 nitrogen and oxygen atoms in total. The van der Waals surface area contributed by atoms with Gasteiger partial charge in [-0.25, -0.2) is 0 Å². The van der Waals surface area contributed by atoms with Crippen LogP contribution in [0, 0.1) is 10.1 Å². The third kappa shape index (κ3) is 5.28. The molecule has 1 aliphatic heterocycles. The molecule has 36 heavy (non-hydrogen) atoms. The summed E-state index contributed by atoms with van der Waals surface area (Å²) < 4.78 is 22.6. The molecule has 0 amide bonds. The number of benzene rings is 3. The number of nitrogens with zero attached hydrogens (tertiary/aromatic N) is 2. The summed E-state index contributed by atoms with van der Waals surface area (Å²) in [5.74, 6) is 2.48. The van der Waals surface area contributed by atoms with Crippen molar-refractivity contribution in [2.45, 2.75) is 12.5 Å². The summed E-state index contributed by atoms with van der Waals surface area (Å²) in [7, 11) is 4.82. The van der Waals surface area contributed by atoms with Crippen molar-refractivity contribution in [2.24, 2.45) is 0 Å². The Labute approximate surface area is 214 Å². The summed E-state index contributed by atoms with van der Waals surface area (Å²) in [5.41, 5.74) is 2.88. The van der Waals surface area contributed by atoms with Crippen LogP contribution in [-0.4, -0.2) is 49.4 Å². The molecule has 0 spiro atoms. The zero-order valence-corrected chi connectivity index (χ0v) is 21.0. The first kappa shape index (κ1) is 25.1. The molecule has 1 heterocycles. The number of nitro groups is 1. The van der Waals surface area contributed by atoms with Crippen molar-refractivity contribution in [1.82, 2.24) is 4.90 Å². The number of para-hydroxylation sites is 2. The van der Waals surface area contributed by atoms with Crippen LogP contribution in [0.25, 0.3) is 0 Å². The fraction of sp³-hybridized carbons (Fsp3) is 0.269. The maximum atomic E-state index is 11.0. The Kier molecular flexibility index (Phi) is 7.74. The largest absolute Gasteiger partial charge is 0.495 e. The predicted molar refractivity (Wildman–Crippen MR) is 141 cm³/mol. The lowest BCUT2D eigenvalue weighted by Gasteiger charge is -2.39. The van der Waals surface area contributed by atoms with Gasteiger partial charge < -0.3 is 29.2 Å². The molecule has 1 atom stereocenters. The average Bonchev–Trinajstić information content (AvgIpc) is 2.91. The Bertz CT molecular complexity index is 1250. The maximum absolute atomic E-state index is 11.0. The predicted octanol–water partition coefficient (Wildman–Crippen LogP) is 5.00. The van der Waals surface area contributed by atoms with Gasteiger partial charge in [-0.1, -0.05) is 12.1 Å². The molecule has 0 aromatic heterocycles. The monoisotopic (exact) mass is 509 g/mol. The molecule has 3 aromatic carbocycles. The number of rotatable bonds is 8. The van der Waals surface area contributed by atoms with E-state index in [1.54, 1.807) is 33.5 Å². The molecule has 1 unspecified atom stereocenters. The minimum atomic E-state index is -0.440. The van der Waals surface area contributed by atoms with Crippen LogP contribution in [0.4, 0.5) is 11.4 Å². The molecule has 188 valence electrons. The number of thiocarbonyl (C=S) groups is 1. The van der Waals surface area contributed by atoms with Crippen LogP contribution >= 0.6 is 12.2 Å². The minimum Gasteiger partial charge on any atom is -0.495 e. The molecule has 3 aromatic rings. The van der Waals surface area contributed by atoms with E-state index in [4.69, 9.17) is 31.2 Å². The first-order chi connectivity index (χ1) is 17.4. The van der Waals surface area contributed by atoms with Crippen molar-refractivity contribution >= 4 is 28.7 Å². The third-order valence-electron chi connectivity index (χ3n) is 6.07. The van der Waals surface area contributed by atoms with E-state index in [-0.39, 0.29) is 18.3 Å². The van der Waals surface area contributed by atoms with Crippen LogP contribution in [0.3, 0.4) is 0 Å². The van der Waals surface area contributed by atoms with Crippen LogP contribution in [0.2, 0.25) is 0 Å². The molecule has 0 aliphatic carbocycles. The Morgan fingerprint density at radius 3 is 2.36 bits per heavy atom. The fourth-order valence-electron chi connectivity index (χ4n) is 4.23. The summed E-state index contributed by atoms with van der Waals surface area (Å²) in [6, 6.07) is 17.3. The fourth-order valence-corrected chi connectivity index (χ4v) is 4.55. The van der Waals surface area contributed by atoms with Crippen LogP contribution < -0.4 is 24.3 Å². The third-order valence-corrected chi connectivity index (χ3v) is 6.40. The van der Waals surface area contributed by atoms with Gasteiger partial charge in [0, 0.05) is 18.7 Å². The van der Waals surface area contributed by atoms with Gasteiger partial charge in [0.1, 0.15) is 18.1 Å². The first-order valence-corrected chi connectivity index (χ1v) is 11.7. The summed E-state index contributed by atoms with van der Waals surface area (Å²) in [6.07, 6.45) is 0.747. The number of methoxy groups -OCH3 is 3. The lowest BCUT2D eigenvalue weighted by molar-refractivity contribution is -0.384. The van der Waals surface area contributed by atoms with E-state index in [1.165, 1.54) is 12.1 Å². The number of hydrogen-bond donors (Lipinski definition) is 1. The van der Waals surface area contributed by atoms with Gasteiger partial charge in [0.25, 0.3) is 5.69 Å². The summed E-state index contributed by atoms with van der Waals surface area (Å²) in [4.78, 5) is 12.6. The summed E-state index contributed by atoms with van der Waals surface area (Å²) in [5, 5.41) is 14.8. The molecule has 0 saturated carbocycles. The molecule has 0 fully saturated rings. The van der Waals surface area contributed by atoms with Crippen LogP contribution in [0.1, 0.15) is 17.2 Å². The number of fused-ring (bicyclic) bond motifs is 1. The van der Waals surface area contributed by atoms with Crippen LogP contribution in [-0.2, 0) is 6.42 Å². The number of non-ortho nitro benzene ring substituents is 1. The molecule has 4 rings (SSSR count). The van der Waals surface area contributed by atoms with E-state index in [1.807, 2.05) is 36.4 Å². The second kappa shape index (κ2) is 11.1. The Hall–Kier alpha value is -4.05.